The number of rotatable bonds is 4. The predicted molar refractivity (Wildman–Crippen MR) is 61.5 cm³/mol. The van der Waals surface area contributed by atoms with Crippen molar-refractivity contribution < 1.29 is 14.7 Å². The number of carboxylic acids is 1. The number of carbonyl (C=O) groups is 2. The Morgan fingerprint density at radius 2 is 2.19 bits per heavy atom. The van der Waals surface area contributed by atoms with Crippen molar-refractivity contribution in [3.05, 3.63) is 28.0 Å². The first kappa shape index (κ1) is 10.9. The van der Waals surface area contributed by atoms with Crippen LogP contribution < -0.4 is 5.32 Å². The second-order valence-corrected chi connectivity index (χ2v) is 4.74. The van der Waals surface area contributed by atoms with E-state index in [0.29, 0.717) is 10.9 Å². The van der Waals surface area contributed by atoms with E-state index in [0.717, 1.165) is 23.8 Å². The van der Waals surface area contributed by atoms with Gasteiger partial charge in [-0.05, 0) is 31.1 Å². The number of hydrogen-bond donors (Lipinski definition) is 2. The highest BCUT2D eigenvalue weighted by atomic mass is 32.1. The van der Waals surface area contributed by atoms with E-state index in [4.69, 9.17) is 5.11 Å². The van der Waals surface area contributed by atoms with E-state index in [1.807, 2.05) is 0 Å². The summed E-state index contributed by atoms with van der Waals surface area (Å²) in [5.41, 5.74) is 0. The summed E-state index contributed by atoms with van der Waals surface area (Å²) in [6.45, 7) is 0. The molecule has 0 bridgehead atoms. The van der Waals surface area contributed by atoms with E-state index >= 15 is 0 Å². The van der Waals surface area contributed by atoms with Crippen molar-refractivity contribution in [3.8, 4) is 0 Å². The molecule has 0 saturated heterocycles. The minimum atomic E-state index is -0.989. The summed E-state index contributed by atoms with van der Waals surface area (Å²) >= 11 is 1.29. The van der Waals surface area contributed by atoms with Gasteiger partial charge in [0.15, 0.2) is 0 Å². The molecule has 16 heavy (non-hydrogen) atoms. The fraction of sp³-hybridized carbons (Fsp3) is 0.273. The summed E-state index contributed by atoms with van der Waals surface area (Å²) in [6, 6.07) is 3.79. The van der Waals surface area contributed by atoms with Crippen LogP contribution in [0.5, 0.6) is 0 Å². The predicted octanol–water partition coefficient (Wildman–Crippen LogP) is 1.74. The summed E-state index contributed by atoms with van der Waals surface area (Å²) in [5.74, 6) is -1.06. The van der Waals surface area contributed by atoms with Gasteiger partial charge in [0, 0.05) is 17.0 Å². The van der Waals surface area contributed by atoms with Crippen molar-refractivity contribution in [1.29, 1.82) is 0 Å². The number of nitrogens with one attached hydrogen (secondary N) is 1. The molecule has 2 rings (SSSR count). The van der Waals surface area contributed by atoms with Gasteiger partial charge >= 0.3 is 5.97 Å². The molecule has 1 aromatic rings. The van der Waals surface area contributed by atoms with E-state index in [1.54, 1.807) is 12.1 Å². The van der Waals surface area contributed by atoms with Gasteiger partial charge in [0.1, 0.15) is 0 Å². The summed E-state index contributed by atoms with van der Waals surface area (Å²) in [7, 11) is 0. The maximum Gasteiger partial charge on any atom is 0.328 e. The molecule has 1 aliphatic carbocycles. The minimum absolute atomic E-state index is 0.0672. The molecule has 1 aromatic heterocycles. The highest BCUT2D eigenvalue weighted by Gasteiger charge is 2.24. The zero-order valence-electron chi connectivity index (χ0n) is 8.47. The van der Waals surface area contributed by atoms with Crippen molar-refractivity contribution in [2.75, 3.05) is 0 Å². The van der Waals surface area contributed by atoms with Gasteiger partial charge in [-0.3, -0.25) is 4.79 Å². The first-order valence-corrected chi connectivity index (χ1v) is 5.78. The van der Waals surface area contributed by atoms with Crippen molar-refractivity contribution in [2.45, 2.75) is 18.9 Å². The molecule has 1 amide bonds. The number of amides is 1. The Kier molecular flexibility index (Phi) is 3.05. The van der Waals surface area contributed by atoms with Gasteiger partial charge in [0.05, 0.1) is 4.88 Å². The molecule has 0 aliphatic heterocycles. The number of carboxylic acid groups (broad SMARTS) is 1. The quantitative estimate of drug-likeness (QED) is 0.784. The fourth-order valence-electron chi connectivity index (χ4n) is 1.20. The summed E-state index contributed by atoms with van der Waals surface area (Å²) in [5, 5.41) is 11.3. The number of carbonyl (C=O) groups excluding carboxylic acids is 1. The fourth-order valence-corrected chi connectivity index (χ4v) is 2.02. The third-order valence-corrected chi connectivity index (χ3v) is 3.20. The van der Waals surface area contributed by atoms with Crippen LogP contribution in [0.4, 0.5) is 0 Å². The highest BCUT2D eigenvalue weighted by Crippen LogP contribution is 2.22. The molecule has 1 aliphatic rings. The Hall–Kier alpha value is -1.62. The highest BCUT2D eigenvalue weighted by molar-refractivity contribution is 7.14. The van der Waals surface area contributed by atoms with Crippen molar-refractivity contribution in [1.82, 2.24) is 5.32 Å². The van der Waals surface area contributed by atoms with Gasteiger partial charge in [0.25, 0.3) is 5.91 Å². The zero-order valence-corrected chi connectivity index (χ0v) is 9.29. The van der Waals surface area contributed by atoms with Gasteiger partial charge < -0.3 is 10.4 Å². The van der Waals surface area contributed by atoms with Crippen LogP contribution in [0, 0.1) is 0 Å². The minimum Gasteiger partial charge on any atom is -0.478 e. The molecular formula is C11H11NO3S. The lowest BCUT2D eigenvalue weighted by Crippen LogP contribution is -2.24. The molecule has 5 heteroatoms. The average Bonchev–Trinajstić information content (AvgIpc) is 2.92. The van der Waals surface area contributed by atoms with Crippen molar-refractivity contribution >= 4 is 29.3 Å². The van der Waals surface area contributed by atoms with Crippen LogP contribution in [0.25, 0.3) is 6.08 Å². The molecule has 0 aromatic carbocycles. The van der Waals surface area contributed by atoms with Gasteiger partial charge in [0.2, 0.25) is 0 Å². The maximum absolute atomic E-state index is 11.6. The average molecular weight is 237 g/mol. The molecule has 1 fully saturated rings. The van der Waals surface area contributed by atoms with E-state index < -0.39 is 5.97 Å². The van der Waals surface area contributed by atoms with Crippen LogP contribution in [-0.4, -0.2) is 23.0 Å². The Morgan fingerprint density at radius 1 is 1.44 bits per heavy atom. The third kappa shape index (κ3) is 2.93. The van der Waals surface area contributed by atoms with Crippen LogP contribution in [0.1, 0.15) is 27.4 Å². The lowest BCUT2D eigenvalue weighted by Gasteiger charge is -1.98. The molecule has 0 atom stereocenters. The van der Waals surface area contributed by atoms with Gasteiger partial charge in [-0.2, -0.15) is 0 Å². The standard InChI is InChI=1S/C11H11NO3S/c13-10(14)6-4-8-3-5-9(16-8)11(15)12-7-1-2-7/h3-7H,1-2H2,(H,12,15)(H,13,14)/b6-4+. The van der Waals surface area contributed by atoms with Crippen LogP contribution in [0.2, 0.25) is 0 Å². The largest absolute Gasteiger partial charge is 0.478 e. The SMILES string of the molecule is O=C(O)/C=C/c1ccc(C(=O)NC2CC2)s1. The molecule has 84 valence electrons. The Morgan fingerprint density at radius 3 is 2.81 bits per heavy atom. The lowest BCUT2D eigenvalue weighted by atomic mass is 10.4. The third-order valence-electron chi connectivity index (χ3n) is 2.15. The summed E-state index contributed by atoms with van der Waals surface area (Å²) in [6.07, 6.45) is 4.67. The first-order chi connectivity index (χ1) is 7.65. The molecular weight excluding hydrogens is 226 g/mol. The monoisotopic (exact) mass is 237 g/mol. The van der Waals surface area contributed by atoms with Gasteiger partial charge in [-0.1, -0.05) is 0 Å². The maximum atomic E-state index is 11.6. The van der Waals surface area contributed by atoms with Gasteiger partial charge in [-0.25, -0.2) is 4.79 Å². The van der Waals surface area contributed by atoms with E-state index in [9.17, 15) is 9.59 Å². The Balaban J connectivity index is 2.00. The van der Waals surface area contributed by atoms with Crippen molar-refractivity contribution in [2.24, 2.45) is 0 Å². The van der Waals surface area contributed by atoms with E-state index in [1.165, 1.54) is 17.4 Å². The molecule has 1 saturated carbocycles. The number of hydrogen-bond acceptors (Lipinski definition) is 3. The van der Waals surface area contributed by atoms with Crippen molar-refractivity contribution in [3.63, 3.8) is 0 Å². The molecule has 0 radical (unpaired) electrons. The Labute approximate surface area is 96.6 Å². The number of thiophene rings is 1. The van der Waals surface area contributed by atoms with Crippen LogP contribution in [0.3, 0.4) is 0 Å². The smallest absolute Gasteiger partial charge is 0.328 e. The van der Waals surface area contributed by atoms with Crippen LogP contribution in [0.15, 0.2) is 18.2 Å². The second-order valence-electron chi connectivity index (χ2n) is 3.62. The second kappa shape index (κ2) is 4.49. The van der Waals surface area contributed by atoms with Crippen LogP contribution in [-0.2, 0) is 4.79 Å². The summed E-state index contributed by atoms with van der Waals surface area (Å²) < 4.78 is 0. The normalized spacial score (nSPS) is 15.2. The first-order valence-electron chi connectivity index (χ1n) is 4.97. The topological polar surface area (TPSA) is 66.4 Å². The van der Waals surface area contributed by atoms with E-state index in [2.05, 4.69) is 5.32 Å². The molecule has 1 heterocycles. The summed E-state index contributed by atoms with van der Waals surface area (Å²) in [4.78, 5) is 23.3. The molecule has 0 spiro atoms. The molecule has 4 nitrogen and oxygen atoms in total. The molecule has 0 unspecified atom stereocenters. The Bertz CT molecular complexity index is 446. The van der Waals surface area contributed by atoms with Crippen LogP contribution >= 0.6 is 11.3 Å². The molecule has 2 N–H and O–H groups in total. The van der Waals surface area contributed by atoms with Gasteiger partial charge in [-0.15, -0.1) is 11.3 Å². The lowest BCUT2D eigenvalue weighted by molar-refractivity contribution is -0.131. The van der Waals surface area contributed by atoms with E-state index in [-0.39, 0.29) is 5.91 Å². The zero-order chi connectivity index (χ0) is 11.5. The number of aliphatic carboxylic acids is 1.